The molecule has 26 heavy (non-hydrogen) atoms. The van der Waals surface area contributed by atoms with Gasteiger partial charge in [-0.25, -0.2) is 9.59 Å². The number of hydrogen-bond acceptors (Lipinski definition) is 5. The van der Waals surface area contributed by atoms with E-state index in [2.05, 4.69) is 15.4 Å². The molecule has 0 aliphatic carbocycles. The molecule has 0 saturated carbocycles. The number of benzene rings is 1. The maximum Gasteiger partial charge on any atom is 0.387 e. The Morgan fingerprint density at radius 1 is 1.23 bits per heavy atom. The SMILES string of the molecule is CCOC(=O)C1=C(C)NC(=O)N[C@@H]1c1ccc(OC(F)F)c(OCC)c1. The van der Waals surface area contributed by atoms with Crippen molar-refractivity contribution in [1.29, 1.82) is 0 Å². The number of urea groups is 1. The molecule has 0 unspecified atom stereocenters. The first-order chi connectivity index (χ1) is 12.4. The fourth-order valence-corrected chi connectivity index (χ4v) is 2.59. The molecule has 0 radical (unpaired) electrons. The third-order valence-corrected chi connectivity index (χ3v) is 3.58. The number of carbonyl (C=O) groups excluding carboxylic acids is 2. The van der Waals surface area contributed by atoms with Crippen LogP contribution in [0.2, 0.25) is 0 Å². The summed E-state index contributed by atoms with van der Waals surface area (Å²) < 4.78 is 39.9. The fraction of sp³-hybridized carbons (Fsp3) is 0.412. The van der Waals surface area contributed by atoms with Crippen molar-refractivity contribution in [2.24, 2.45) is 0 Å². The van der Waals surface area contributed by atoms with E-state index < -0.39 is 24.7 Å². The predicted octanol–water partition coefficient (Wildman–Crippen LogP) is 2.88. The van der Waals surface area contributed by atoms with Crippen LogP contribution in [0.3, 0.4) is 0 Å². The minimum atomic E-state index is -3.00. The Bertz CT molecular complexity index is 721. The van der Waals surface area contributed by atoms with Gasteiger partial charge < -0.3 is 24.8 Å². The van der Waals surface area contributed by atoms with Crippen molar-refractivity contribution in [3.05, 3.63) is 35.0 Å². The number of hydrogen-bond donors (Lipinski definition) is 2. The molecular formula is C17H20F2N2O5. The van der Waals surface area contributed by atoms with Crippen molar-refractivity contribution in [1.82, 2.24) is 10.6 Å². The molecule has 0 aromatic heterocycles. The summed E-state index contributed by atoms with van der Waals surface area (Å²) in [7, 11) is 0. The first kappa shape index (κ1) is 19.5. The first-order valence-electron chi connectivity index (χ1n) is 8.04. The highest BCUT2D eigenvalue weighted by Gasteiger charge is 2.32. The topological polar surface area (TPSA) is 85.9 Å². The third kappa shape index (κ3) is 4.41. The van der Waals surface area contributed by atoms with Gasteiger partial charge in [0.2, 0.25) is 0 Å². The number of ether oxygens (including phenoxy) is 3. The van der Waals surface area contributed by atoms with Gasteiger partial charge in [0.05, 0.1) is 24.8 Å². The highest BCUT2D eigenvalue weighted by atomic mass is 19.3. The number of carbonyl (C=O) groups is 2. The van der Waals surface area contributed by atoms with Crippen LogP contribution in [-0.2, 0) is 9.53 Å². The van der Waals surface area contributed by atoms with Gasteiger partial charge in [0.25, 0.3) is 0 Å². The van der Waals surface area contributed by atoms with Gasteiger partial charge in [-0.1, -0.05) is 6.07 Å². The summed E-state index contributed by atoms with van der Waals surface area (Å²) >= 11 is 0. The monoisotopic (exact) mass is 370 g/mol. The molecule has 0 spiro atoms. The average Bonchev–Trinajstić information content (AvgIpc) is 2.55. The lowest BCUT2D eigenvalue weighted by Gasteiger charge is -2.28. The van der Waals surface area contributed by atoms with Gasteiger partial charge in [-0.2, -0.15) is 8.78 Å². The van der Waals surface area contributed by atoms with Crippen LogP contribution in [0.25, 0.3) is 0 Å². The summed E-state index contributed by atoms with van der Waals surface area (Å²) in [6.45, 7) is 2.33. The Morgan fingerprint density at radius 2 is 1.96 bits per heavy atom. The van der Waals surface area contributed by atoms with E-state index in [0.717, 1.165) is 0 Å². The second-order valence-electron chi connectivity index (χ2n) is 5.31. The predicted molar refractivity (Wildman–Crippen MR) is 88.0 cm³/mol. The largest absolute Gasteiger partial charge is 0.490 e. The summed E-state index contributed by atoms with van der Waals surface area (Å²) in [5, 5.41) is 5.15. The standard InChI is InChI=1S/C17H20F2N2O5/c1-4-24-12-8-10(6-7-11(12)26-16(18)19)14-13(15(22)25-5-2)9(3)20-17(23)21-14/h6-8,14,16H,4-5H2,1-3H3,(H2,20,21,23)/t14-/m1/s1. The lowest BCUT2D eigenvalue weighted by molar-refractivity contribution is -0.139. The molecule has 2 N–H and O–H groups in total. The maximum absolute atomic E-state index is 12.5. The average molecular weight is 370 g/mol. The number of alkyl halides is 2. The van der Waals surface area contributed by atoms with Crippen molar-refractivity contribution in [2.75, 3.05) is 13.2 Å². The Morgan fingerprint density at radius 3 is 2.58 bits per heavy atom. The maximum atomic E-state index is 12.5. The van der Waals surface area contributed by atoms with Crippen LogP contribution < -0.4 is 20.1 Å². The molecule has 2 amide bonds. The summed E-state index contributed by atoms with van der Waals surface area (Å²) in [5.74, 6) is -0.642. The molecule has 0 saturated heterocycles. The van der Waals surface area contributed by atoms with E-state index in [1.807, 2.05) is 0 Å². The molecule has 7 nitrogen and oxygen atoms in total. The van der Waals surface area contributed by atoms with Crippen LogP contribution >= 0.6 is 0 Å². The summed E-state index contributed by atoms with van der Waals surface area (Å²) in [6.07, 6.45) is 0. The van der Waals surface area contributed by atoms with E-state index >= 15 is 0 Å². The Hall–Kier alpha value is -2.84. The molecule has 1 atom stereocenters. The molecule has 1 aliphatic rings. The molecule has 1 aromatic rings. The molecular weight excluding hydrogens is 350 g/mol. The van der Waals surface area contributed by atoms with Crippen LogP contribution in [0.4, 0.5) is 13.6 Å². The lowest BCUT2D eigenvalue weighted by Crippen LogP contribution is -2.45. The molecule has 1 aromatic carbocycles. The van der Waals surface area contributed by atoms with Crippen molar-refractivity contribution in [3.8, 4) is 11.5 Å². The van der Waals surface area contributed by atoms with Gasteiger partial charge in [-0.3, -0.25) is 0 Å². The zero-order chi connectivity index (χ0) is 19.3. The van der Waals surface area contributed by atoms with Crippen LogP contribution in [0.5, 0.6) is 11.5 Å². The van der Waals surface area contributed by atoms with Gasteiger partial charge in [0.15, 0.2) is 11.5 Å². The summed E-state index contributed by atoms with van der Waals surface area (Å²) in [4.78, 5) is 24.1. The Labute approximate surface area is 149 Å². The van der Waals surface area contributed by atoms with E-state index in [-0.39, 0.29) is 30.3 Å². The number of rotatable bonds is 7. The molecule has 0 fully saturated rings. The van der Waals surface area contributed by atoms with Gasteiger partial charge in [-0.05, 0) is 38.5 Å². The third-order valence-electron chi connectivity index (χ3n) is 3.58. The molecule has 9 heteroatoms. The van der Waals surface area contributed by atoms with Crippen LogP contribution in [0.1, 0.15) is 32.4 Å². The van der Waals surface area contributed by atoms with Crippen molar-refractivity contribution < 1.29 is 32.6 Å². The molecule has 1 aliphatic heterocycles. The molecule has 2 rings (SSSR count). The van der Waals surface area contributed by atoms with E-state index in [1.54, 1.807) is 20.8 Å². The van der Waals surface area contributed by atoms with E-state index in [0.29, 0.717) is 11.3 Å². The highest BCUT2D eigenvalue weighted by Crippen LogP contribution is 2.35. The molecule has 142 valence electrons. The number of esters is 1. The number of nitrogens with one attached hydrogen (secondary N) is 2. The first-order valence-corrected chi connectivity index (χ1v) is 8.04. The minimum Gasteiger partial charge on any atom is -0.490 e. The molecule has 1 heterocycles. The fourth-order valence-electron chi connectivity index (χ4n) is 2.59. The van der Waals surface area contributed by atoms with E-state index in [9.17, 15) is 18.4 Å². The second kappa shape index (κ2) is 8.50. The van der Waals surface area contributed by atoms with Gasteiger partial charge in [0.1, 0.15) is 0 Å². The van der Waals surface area contributed by atoms with E-state index in [4.69, 9.17) is 9.47 Å². The second-order valence-corrected chi connectivity index (χ2v) is 5.31. The van der Waals surface area contributed by atoms with Crippen molar-refractivity contribution in [2.45, 2.75) is 33.4 Å². The van der Waals surface area contributed by atoms with Crippen molar-refractivity contribution >= 4 is 12.0 Å². The smallest absolute Gasteiger partial charge is 0.387 e. The van der Waals surface area contributed by atoms with Crippen LogP contribution in [0.15, 0.2) is 29.5 Å². The summed E-state index contributed by atoms with van der Waals surface area (Å²) in [6, 6.07) is 2.92. The van der Waals surface area contributed by atoms with Crippen LogP contribution in [0, 0.1) is 0 Å². The van der Waals surface area contributed by atoms with E-state index in [1.165, 1.54) is 18.2 Å². The lowest BCUT2D eigenvalue weighted by atomic mass is 9.95. The Kier molecular flexibility index (Phi) is 6.37. The Balaban J connectivity index is 2.46. The minimum absolute atomic E-state index is 0.0824. The van der Waals surface area contributed by atoms with Gasteiger partial charge >= 0.3 is 18.6 Å². The zero-order valence-electron chi connectivity index (χ0n) is 14.6. The quantitative estimate of drug-likeness (QED) is 0.721. The van der Waals surface area contributed by atoms with Gasteiger partial charge in [-0.15, -0.1) is 0 Å². The number of halogens is 2. The normalized spacial score (nSPS) is 16.8. The number of amides is 2. The van der Waals surface area contributed by atoms with Crippen molar-refractivity contribution in [3.63, 3.8) is 0 Å². The number of allylic oxidation sites excluding steroid dienone is 1. The zero-order valence-corrected chi connectivity index (χ0v) is 14.6. The molecule has 0 bridgehead atoms. The van der Waals surface area contributed by atoms with Gasteiger partial charge in [0, 0.05) is 5.70 Å². The summed E-state index contributed by atoms with van der Waals surface area (Å²) in [5.41, 5.74) is 1.03. The van der Waals surface area contributed by atoms with Crippen LogP contribution in [-0.4, -0.2) is 31.8 Å². The highest BCUT2D eigenvalue weighted by molar-refractivity contribution is 5.95.